The van der Waals surface area contributed by atoms with Crippen LogP contribution in [0.25, 0.3) is 0 Å². The molecule has 1 heterocycles. The molecule has 1 aliphatic heterocycles. The van der Waals surface area contributed by atoms with Gasteiger partial charge in [-0.1, -0.05) is 12.1 Å². The van der Waals surface area contributed by atoms with Gasteiger partial charge in [0.1, 0.15) is 5.75 Å². The number of ether oxygens (including phenoxy) is 1. The van der Waals surface area contributed by atoms with E-state index in [4.69, 9.17) is 4.74 Å². The molecule has 1 fully saturated rings. The fourth-order valence-electron chi connectivity index (χ4n) is 2.53. The fourth-order valence-corrected chi connectivity index (χ4v) is 2.53. The number of methoxy groups -OCH3 is 1. The van der Waals surface area contributed by atoms with Crippen molar-refractivity contribution in [2.24, 2.45) is 0 Å². The van der Waals surface area contributed by atoms with Crippen molar-refractivity contribution >= 4 is 12.4 Å². The molecular weight excluding hydrogens is 260 g/mol. The molecule has 0 spiro atoms. The summed E-state index contributed by atoms with van der Waals surface area (Å²) in [6.45, 7) is 3.46. The van der Waals surface area contributed by atoms with Crippen LogP contribution in [0.1, 0.15) is 18.4 Å². The number of rotatable bonds is 5. The summed E-state index contributed by atoms with van der Waals surface area (Å²) in [6, 6.07) is 9.16. The smallest absolute Gasteiger partial charge is 0.118 e. The van der Waals surface area contributed by atoms with Crippen molar-refractivity contribution in [3.63, 3.8) is 0 Å². The van der Waals surface area contributed by atoms with Gasteiger partial charge in [0.15, 0.2) is 0 Å². The summed E-state index contributed by atoms with van der Waals surface area (Å²) >= 11 is 0. The highest BCUT2D eigenvalue weighted by Gasteiger charge is 2.16. The van der Waals surface area contributed by atoms with Gasteiger partial charge in [-0.25, -0.2) is 0 Å². The number of nitrogens with zero attached hydrogens (tertiary/aromatic N) is 1. The lowest BCUT2D eigenvalue weighted by Gasteiger charge is -2.31. The van der Waals surface area contributed by atoms with Crippen molar-refractivity contribution in [1.82, 2.24) is 10.2 Å². The van der Waals surface area contributed by atoms with Crippen molar-refractivity contribution in [2.45, 2.75) is 25.3 Å². The van der Waals surface area contributed by atoms with Crippen LogP contribution >= 0.6 is 12.4 Å². The average Bonchev–Trinajstić information content (AvgIpc) is 2.46. The number of benzene rings is 1. The van der Waals surface area contributed by atoms with E-state index in [1.807, 2.05) is 12.1 Å². The first-order chi connectivity index (χ1) is 8.79. The molecule has 4 heteroatoms. The lowest BCUT2D eigenvalue weighted by Crippen LogP contribution is -2.41. The van der Waals surface area contributed by atoms with E-state index in [0.29, 0.717) is 0 Å². The second kappa shape index (κ2) is 8.41. The second-order valence-corrected chi connectivity index (χ2v) is 5.06. The standard InChI is InChI=1S/C15H24N2O.ClH/c1-17(14-7-10-16-11-8-14)12-9-13-3-5-15(18-2)6-4-13;/h3-6,14,16H,7-12H2,1-2H3;1H. The molecule has 0 unspecified atom stereocenters. The van der Waals surface area contributed by atoms with E-state index in [0.717, 1.165) is 37.8 Å². The molecule has 0 radical (unpaired) electrons. The molecule has 0 saturated carbocycles. The Balaban J connectivity index is 0.00000180. The van der Waals surface area contributed by atoms with Crippen LogP contribution in [0, 0.1) is 0 Å². The maximum absolute atomic E-state index is 5.17. The van der Waals surface area contributed by atoms with Gasteiger partial charge in [-0.2, -0.15) is 0 Å². The lowest BCUT2D eigenvalue weighted by molar-refractivity contribution is 0.201. The van der Waals surface area contributed by atoms with E-state index in [9.17, 15) is 0 Å². The summed E-state index contributed by atoms with van der Waals surface area (Å²) in [5.41, 5.74) is 1.39. The number of hydrogen-bond acceptors (Lipinski definition) is 3. The number of hydrogen-bond donors (Lipinski definition) is 1. The first-order valence-electron chi connectivity index (χ1n) is 6.83. The average molecular weight is 285 g/mol. The predicted molar refractivity (Wildman–Crippen MR) is 82.5 cm³/mol. The zero-order valence-corrected chi connectivity index (χ0v) is 12.7. The third-order valence-electron chi connectivity index (χ3n) is 3.84. The molecule has 0 aliphatic carbocycles. The van der Waals surface area contributed by atoms with Crippen LogP contribution in [0.5, 0.6) is 5.75 Å². The van der Waals surface area contributed by atoms with Crippen molar-refractivity contribution in [3.8, 4) is 5.75 Å². The monoisotopic (exact) mass is 284 g/mol. The zero-order chi connectivity index (χ0) is 12.8. The van der Waals surface area contributed by atoms with Crippen molar-refractivity contribution < 1.29 is 4.74 Å². The Morgan fingerprint density at radius 2 is 1.84 bits per heavy atom. The molecule has 0 bridgehead atoms. The van der Waals surface area contributed by atoms with Gasteiger partial charge in [-0.15, -0.1) is 12.4 Å². The molecule has 108 valence electrons. The summed E-state index contributed by atoms with van der Waals surface area (Å²) in [4.78, 5) is 2.51. The zero-order valence-electron chi connectivity index (χ0n) is 11.9. The van der Waals surface area contributed by atoms with Crippen LogP contribution in [-0.4, -0.2) is 44.7 Å². The Morgan fingerprint density at radius 1 is 1.21 bits per heavy atom. The largest absolute Gasteiger partial charge is 0.497 e. The number of piperidine rings is 1. The van der Waals surface area contributed by atoms with Crippen LogP contribution in [-0.2, 0) is 6.42 Å². The quantitative estimate of drug-likeness (QED) is 0.898. The number of likely N-dealkylation sites (N-methyl/N-ethyl adjacent to an activating group) is 1. The molecule has 0 atom stereocenters. The first-order valence-corrected chi connectivity index (χ1v) is 6.83. The molecule has 0 aromatic heterocycles. The molecular formula is C15H25ClN2O. The van der Waals surface area contributed by atoms with Gasteiger partial charge in [-0.05, 0) is 57.1 Å². The molecule has 1 aromatic carbocycles. The van der Waals surface area contributed by atoms with E-state index in [1.165, 1.54) is 18.4 Å². The van der Waals surface area contributed by atoms with Crippen LogP contribution < -0.4 is 10.1 Å². The second-order valence-electron chi connectivity index (χ2n) is 5.06. The predicted octanol–water partition coefficient (Wildman–Crippen LogP) is 2.34. The normalized spacial score (nSPS) is 16.2. The SMILES string of the molecule is COc1ccc(CCN(C)C2CCNCC2)cc1.Cl. The summed E-state index contributed by atoms with van der Waals surface area (Å²) in [5, 5.41) is 3.42. The van der Waals surface area contributed by atoms with E-state index in [2.05, 4.69) is 29.4 Å². The van der Waals surface area contributed by atoms with Gasteiger partial charge in [0.2, 0.25) is 0 Å². The van der Waals surface area contributed by atoms with E-state index in [-0.39, 0.29) is 12.4 Å². The van der Waals surface area contributed by atoms with Crippen LogP contribution in [0.15, 0.2) is 24.3 Å². The Bertz CT molecular complexity index is 350. The topological polar surface area (TPSA) is 24.5 Å². The summed E-state index contributed by atoms with van der Waals surface area (Å²) in [7, 11) is 3.96. The highest BCUT2D eigenvalue weighted by Crippen LogP contribution is 2.14. The van der Waals surface area contributed by atoms with E-state index in [1.54, 1.807) is 7.11 Å². The Kier molecular flexibility index (Phi) is 7.21. The fraction of sp³-hybridized carbons (Fsp3) is 0.600. The van der Waals surface area contributed by atoms with E-state index >= 15 is 0 Å². The maximum atomic E-state index is 5.17. The van der Waals surface area contributed by atoms with Crippen molar-refractivity contribution in [1.29, 1.82) is 0 Å². The number of halogens is 1. The lowest BCUT2D eigenvalue weighted by atomic mass is 10.0. The van der Waals surface area contributed by atoms with Crippen LogP contribution in [0.2, 0.25) is 0 Å². The van der Waals surface area contributed by atoms with Crippen LogP contribution in [0.4, 0.5) is 0 Å². The summed E-state index contributed by atoms with van der Waals surface area (Å²) < 4.78 is 5.17. The molecule has 1 saturated heterocycles. The van der Waals surface area contributed by atoms with Crippen LogP contribution in [0.3, 0.4) is 0 Å². The van der Waals surface area contributed by atoms with E-state index < -0.39 is 0 Å². The molecule has 1 aliphatic rings. The Labute approximate surface area is 122 Å². The molecule has 2 rings (SSSR count). The molecule has 1 N–H and O–H groups in total. The third-order valence-corrected chi connectivity index (χ3v) is 3.84. The minimum Gasteiger partial charge on any atom is -0.497 e. The Hall–Kier alpha value is -0.770. The highest BCUT2D eigenvalue weighted by atomic mass is 35.5. The molecule has 3 nitrogen and oxygen atoms in total. The highest BCUT2D eigenvalue weighted by molar-refractivity contribution is 5.85. The minimum atomic E-state index is 0. The molecule has 0 amide bonds. The van der Waals surface area contributed by atoms with Gasteiger partial charge < -0.3 is 15.0 Å². The van der Waals surface area contributed by atoms with Crippen molar-refractivity contribution in [2.75, 3.05) is 33.8 Å². The first kappa shape index (κ1) is 16.3. The van der Waals surface area contributed by atoms with Gasteiger partial charge in [0.05, 0.1) is 7.11 Å². The van der Waals surface area contributed by atoms with Gasteiger partial charge in [0, 0.05) is 12.6 Å². The van der Waals surface area contributed by atoms with Gasteiger partial charge in [-0.3, -0.25) is 0 Å². The van der Waals surface area contributed by atoms with Gasteiger partial charge >= 0.3 is 0 Å². The molecule has 1 aromatic rings. The maximum Gasteiger partial charge on any atom is 0.118 e. The summed E-state index contributed by atoms with van der Waals surface area (Å²) in [5.74, 6) is 0.936. The minimum absolute atomic E-state index is 0. The van der Waals surface area contributed by atoms with Gasteiger partial charge in [0.25, 0.3) is 0 Å². The Morgan fingerprint density at radius 3 is 2.42 bits per heavy atom. The third kappa shape index (κ3) is 5.01. The van der Waals surface area contributed by atoms with Crippen molar-refractivity contribution in [3.05, 3.63) is 29.8 Å². The molecule has 19 heavy (non-hydrogen) atoms. The number of nitrogens with one attached hydrogen (secondary N) is 1. The summed E-state index contributed by atoms with van der Waals surface area (Å²) in [6.07, 6.45) is 3.67.